The fraction of sp³-hybridized carbons (Fsp3) is 0.462. The number of hydrogen-bond donors (Lipinski definition) is 1. The van der Waals surface area contributed by atoms with Gasteiger partial charge in [-0.05, 0) is 62.8 Å². The lowest BCUT2D eigenvalue weighted by Gasteiger charge is -2.25. The molecule has 34 heavy (non-hydrogen) atoms. The van der Waals surface area contributed by atoms with E-state index in [4.69, 9.17) is 0 Å². The van der Waals surface area contributed by atoms with Gasteiger partial charge in [-0.3, -0.25) is 19.7 Å². The summed E-state index contributed by atoms with van der Waals surface area (Å²) in [5.74, 6) is 0.0680. The third-order valence-corrected chi connectivity index (χ3v) is 6.95. The lowest BCUT2D eigenvalue weighted by atomic mass is 10.1. The molecule has 0 aromatic heterocycles. The SMILES string of the molecule is Cc1cc(C(=O)N2CCCC2C(=O)NCC2CCN(CCc3ccccc3)C2)ccc1[N+](=O)[O-]. The molecule has 1 N–H and O–H groups in total. The fourth-order valence-corrected chi connectivity index (χ4v) is 5.02. The highest BCUT2D eigenvalue weighted by molar-refractivity contribution is 5.98. The van der Waals surface area contributed by atoms with Crippen LogP contribution in [0.3, 0.4) is 0 Å². The normalized spacial score (nSPS) is 20.4. The van der Waals surface area contributed by atoms with Crippen molar-refractivity contribution in [3.8, 4) is 0 Å². The molecule has 0 spiro atoms. The monoisotopic (exact) mass is 464 g/mol. The maximum Gasteiger partial charge on any atom is 0.272 e. The highest BCUT2D eigenvalue weighted by Gasteiger charge is 2.35. The average Bonchev–Trinajstić information content (AvgIpc) is 3.51. The molecular formula is C26H32N4O4. The second kappa shape index (κ2) is 10.8. The van der Waals surface area contributed by atoms with Gasteiger partial charge in [0, 0.05) is 43.4 Å². The zero-order valence-electron chi connectivity index (χ0n) is 19.6. The van der Waals surface area contributed by atoms with Crippen molar-refractivity contribution in [2.75, 3.05) is 32.7 Å². The number of carbonyl (C=O) groups excluding carboxylic acids is 2. The van der Waals surface area contributed by atoms with E-state index in [0.717, 1.165) is 38.9 Å². The highest BCUT2D eigenvalue weighted by atomic mass is 16.6. The van der Waals surface area contributed by atoms with Crippen LogP contribution >= 0.6 is 0 Å². The number of nitro benzene ring substituents is 1. The minimum atomic E-state index is -0.487. The molecule has 180 valence electrons. The van der Waals surface area contributed by atoms with E-state index in [1.54, 1.807) is 11.8 Å². The molecule has 0 aliphatic carbocycles. The summed E-state index contributed by atoms with van der Waals surface area (Å²) < 4.78 is 0. The van der Waals surface area contributed by atoms with E-state index in [-0.39, 0.29) is 17.5 Å². The molecule has 2 saturated heterocycles. The van der Waals surface area contributed by atoms with Crippen molar-refractivity contribution >= 4 is 17.5 Å². The van der Waals surface area contributed by atoms with Crippen LogP contribution in [0.1, 0.15) is 40.7 Å². The Morgan fingerprint density at radius 2 is 1.91 bits per heavy atom. The van der Waals surface area contributed by atoms with Crippen LogP contribution in [0, 0.1) is 23.0 Å². The van der Waals surface area contributed by atoms with Gasteiger partial charge in [0.25, 0.3) is 11.6 Å². The molecule has 0 radical (unpaired) electrons. The van der Waals surface area contributed by atoms with Crippen LogP contribution in [-0.2, 0) is 11.2 Å². The van der Waals surface area contributed by atoms with Crippen LogP contribution in [0.2, 0.25) is 0 Å². The molecule has 0 saturated carbocycles. The first-order chi connectivity index (χ1) is 16.4. The fourth-order valence-electron chi connectivity index (χ4n) is 5.02. The third-order valence-electron chi connectivity index (χ3n) is 6.95. The first kappa shape index (κ1) is 23.9. The van der Waals surface area contributed by atoms with Gasteiger partial charge < -0.3 is 15.1 Å². The molecule has 2 aromatic carbocycles. The molecule has 2 unspecified atom stereocenters. The van der Waals surface area contributed by atoms with Gasteiger partial charge in [0.15, 0.2) is 0 Å². The second-order valence-corrected chi connectivity index (χ2v) is 9.35. The van der Waals surface area contributed by atoms with E-state index in [1.165, 1.54) is 23.8 Å². The maximum atomic E-state index is 13.1. The van der Waals surface area contributed by atoms with Crippen molar-refractivity contribution in [1.82, 2.24) is 15.1 Å². The zero-order chi connectivity index (χ0) is 24.1. The van der Waals surface area contributed by atoms with Crippen LogP contribution in [0.15, 0.2) is 48.5 Å². The van der Waals surface area contributed by atoms with Gasteiger partial charge in [-0.1, -0.05) is 30.3 Å². The summed E-state index contributed by atoms with van der Waals surface area (Å²) in [6.07, 6.45) is 3.50. The van der Waals surface area contributed by atoms with E-state index in [9.17, 15) is 19.7 Å². The molecule has 2 aliphatic heterocycles. The van der Waals surface area contributed by atoms with Gasteiger partial charge in [-0.15, -0.1) is 0 Å². The average molecular weight is 465 g/mol. The summed E-state index contributed by atoms with van der Waals surface area (Å²) in [7, 11) is 0. The lowest BCUT2D eigenvalue weighted by Crippen LogP contribution is -2.47. The second-order valence-electron chi connectivity index (χ2n) is 9.35. The Morgan fingerprint density at radius 3 is 2.65 bits per heavy atom. The summed E-state index contributed by atoms with van der Waals surface area (Å²) >= 11 is 0. The maximum absolute atomic E-state index is 13.1. The number of nitrogens with zero attached hydrogens (tertiary/aromatic N) is 3. The summed E-state index contributed by atoms with van der Waals surface area (Å²) in [5.41, 5.74) is 2.15. The van der Waals surface area contributed by atoms with Crippen molar-refractivity contribution < 1.29 is 14.5 Å². The Balaban J connectivity index is 1.27. The van der Waals surface area contributed by atoms with E-state index in [2.05, 4.69) is 34.5 Å². The standard InChI is InChI=1S/C26H32N4O4/c1-19-16-22(9-10-23(19)30(33)34)26(32)29-13-5-8-24(29)25(31)27-17-21-12-15-28(18-21)14-11-20-6-3-2-4-7-20/h2-4,6-7,9-10,16,21,24H,5,8,11-15,17-18H2,1H3,(H,27,31). The van der Waals surface area contributed by atoms with Crippen LogP contribution in [0.5, 0.6) is 0 Å². The number of aryl methyl sites for hydroxylation is 1. The quantitative estimate of drug-likeness (QED) is 0.478. The smallest absolute Gasteiger partial charge is 0.272 e. The number of nitrogens with one attached hydrogen (secondary N) is 1. The molecule has 8 nitrogen and oxygen atoms in total. The van der Waals surface area contributed by atoms with Crippen molar-refractivity contribution in [3.05, 3.63) is 75.3 Å². The van der Waals surface area contributed by atoms with Gasteiger partial charge in [0.2, 0.25) is 5.91 Å². The summed E-state index contributed by atoms with van der Waals surface area (Å²) in [5, 5.41) is 14.1. The predicted octanol–water partition coefficient (Wildman–Crippen LogP) is 3.19. The number of nitro groups is 1. The first-order valence-electron chi connectivity index (χ1n) is 12.0. The van der Waals surface area contributed by atoms with Crippen LogP contribution in [-0.4, -0.2) is 65.3 Å². The highest BCUT2D eigenvalue weighted by Crippen LogP contribution is 2.24. The van der Waals surface area contributed by atoms with Gasteiger partial charge >= 0.3 is 0 Å². The van der Waals surface area contributed by atoms with Gasteiger partial charge in [0.1, 0.15) is 6.04 Å². The largest absolute Gasteiger partial charge is 0.354 e. The van der Waals surface area contributed by atoms with Crippen molar-refractivity contribution in [2.45, 2.75) is 38.6 Å². The predicted molar refractivity (Wildman–Crippen MR) is 130 cm³/mol. The molecule has 8 heteroatoms. The molecule has 0 bridgehead atoms. The molecule has 2 heterocycles. The summed E-state index contributed by atoms with van der Waals surface area (Å²) in [6, 6.07) is 14.4. The number of benzene rings is 2. The van der Waals surface area contributed by atoms with Crippen LogP contribution in [0.4, 0.5) is 5.69 Å². The van der Waals surface area contributed by atoms with Crippen LogP contribution in [0.25, 0.3) is 0 Å². The Bertz CT molecular complexity index is 1040. The molecule has 2 aromatic rings. The molecule has 2 atom stereocenters. The number of rotatable bonds is 8. The van der Waals surface area contributed by atoms with E-state index >= 15 is 0 Å². The number of carbonyl (C=O) groups is 2. The molecule has 2 amide bonds. The van der Waals surface area contributed by atoms with Crippen molar-refractivity contribution in [2.24, 2.45) is 5.92 Å². The lowest BCUT2D eigenvalue weighted by molar-refractivity contribution is -0.385. The topological polar surface area (TPSA) is 95.8 Å². The third kappa shape index (κ3) is 5.62. The Morgan fingerprint density at radius 1 is 1.12 bits per heavy atom. The van der Waals surface area contributed by atoms with Gasteiger partial charge in [0.05, 0.1) is 4.92 Å². The summed E-state index contributed by atoms with van der Waals surface area (Å²) in [6.45, 7) is 5.80. The Labute approximate surface area is 200 Å². The van der Waals surface area contributed by atoms with Gasteiger partial charge in [-0.2, -0.15) is 0 Å². The Kier molecular flexibility index (Phi) is 7.57. The van der Waals surface area contributed by atoms with E-state index in [1.807, 2.05) is 6.07 Å². The van der Waals surface area contributed by atoms with Gasteiger partial charge in [-0.25, -0.2) is 0 Å². The van der Waals surface area contributed by atoms with Crippen LogP contribution < -0.4 is 5.32 Å². The first-order valence-corrected chi connectivity index (χ1v) is 12.0. The van der Waals surface area contributed by atoms with E-state index < -0.39 is 11.0 Å². The van der Waals surface area contributed by atoms with Crippen molar-refractivity contribution in [1.29, 1.82) is 0 Å². The minimum absolute atomic E-state index is 0.0124. The molecule has 4 rings (SSSR count). The number of hydrogen-bond acceptors (Lipinski definition) is 5. The van der Waals surface area contributed by atoms with Crippen molar-refractivity contribution in [3.63, 3.8) is 0 Å². The number of likely N-dealkylation sites (tertiary alicyclic amines) is 2. The summed E-state index contributed by atoms with van der Waals surface area (Å²) in [4.78, 5) is 40.7. The zero-order valence-corrected chi connectivity index (χ0v) is 19.6. The molecule has 2 fully saturated rings. The minimum Gasteiger partial charge on any atom is -0.354 e. The van der Waals surface area contributed by atoms with E-state index in [0.29, 0.717) is 36.6 Å². The molecule has 2 aliphatic rings. The number of amides is 2. The molecular weight excluding hydrogens is 432 g/mol. The Hall–Kier alpha value is -3.26.